The van der Waals surface area contributed by atoms with E-state index < -0.39 is 0 Å². The van der Waals surface area contributed by atoms with Crippen molar-refractivity contribution < 1.29 is 4.74 Å². The van der Waals surface area contributed by atoms with Gasteiger partial charge in [0, 0.05) is 19.3 Å². The van der Waals surface area contributed by atoms with E-state index >= 15 is 0 Å². The van der Waals surface area contributed by atoms with Gasteiger partial charge in [0.15, 0.2) is 0 Å². The quantitative estimate of drug-likeness (QED) is 0.855. The molecule has 0 radical (unpaired) electrons. The second kappa shape index (κ2) is 4.61. The average Bonchev–Trinajstić information content (AvgIpc) is 2.32. The third-order valence-electron chi connectivity index (χ3n) is 2.16. The number of ether oxygens (including phenoxy) is 1. The van der Waals surface area contributed by atoms with Crippen molar-refractivity contribution >= 4 is 5.95 Å². The highest BCUT2D eigenvalue weighted by molar-refractivity contribution is 5.36. The van der Waals surface area contributed by atoms with Crippen LogP contribution in [0.4, 0.5) is 5.95 Å². The van der Waals surface area contributed by atoms with Crippen LogP contribution in [0.25, 0.3) is 0 Å². The Morgan fingerprint density at radius 2 is 2.00 bits per heavy atom. The molecule has 0 aliphatic rings. The molecule has 0 fully saturated rings. The van der Waals surface area contributed by atoms with Crippen molar-refractivity contribution in [2.75, 3.05) is 12.4 Å². The number of para-hydroxylation sites is 1. The molecule has 0 atom stereocenters. The van der Waals surface area contributed by atoms with Crippen molar-refractivity contribution in [1.82, 2.24) is 9.97 Å². The topological polar surface area (TPSA) is 47.0 Å². The molecule has 1 aromatic heterocycles. The van der Waals surface area contributed by atoms with Gasteiger partial charge in [0.25, 0.3) is 0 Å². The van der Waals surface area contributed by atoms with Crippen molar-refractivity contribution in [2.24, 2.45) is 0 Å². The number of nitrogens with zero attached hydrogens (tertiary/aromatic N) is 2. The number of rotatable bonds is 3. The molecule has 0 amide bonds. The Bertz CT molecular complexity index is 485. The number of hydrogen-bond acceptors (Lipinski definition) is 4. The highest BCUT2D eigenvalue weighted by Gasteiger charge is 2.02. The highest BCUT2D eigenvalue weighted by Crippen LogP contribution is 2.22. The molecule has 4 heteroatoms. The fraction of sp³-hybridized carbons (Fsp3) is 0.167. The normalized spacial score (nSPS) is 9.88. The fourth-order valence-electron chi connectivity index (χ4n) is 1.30. The first kappa shape index (κ1) is 10.4. The molecule has 1 aromatic carbocycles. The van der Waals surface area contributed by atoms with Crippen molar-refractivity contribution in [3.63, 3.8) is 0 Å². The SMILES string of the molecule is CNc1nccc(Oc2ccccc2C)n1. The van der Waals surface area contributed by atoms with Crippen molar-refractivity contribution in [3.8, 4) is 11.6 Å². The Balaban J connectivity index is 2.24. The zero-order valence-electron chi connectivity index (χ0n) is 9.27. The Kier molecular flexibility index (Phi) is 3.00. The second-order valence-corrected chi connectivity index (χ2v) is 3.34. The van der Waals surface area contributed by atoms with E-state index in [1.54, 1.807) is 19.3 Å². The molecule has 0 bridgehead atoms. The summed E-state index contributed by atoms with van der Waals surface area (Å²) in [4.78, 5) is 8.20. The van der Waals surface area contributed by atoms with Crippen LogP contribution < -0.4 is 10.1 Å². The monoisotopic (exact) mass is 215 g/mol. The van der Waals surface area contributed by atoms with Crippen LogP contribution in [0, 0.1) is 6.92 Å². The van der Waals surface area contributed by atoms with E-state index in [1.165, 1.54) is 0 Å². The minimum absolute atomic E-state index is 0.536. The lowest BCUT2D eigenvalue weighted by Gasteiger charge is -2.07. The molecule has 1 N–H and O–H groups in total. The Labute approximate surface area is 94.3 Å². The van der Waals surface area contributed by atoms with Gasteiger partial charge in [-0.3, -0.25) is 0 Å². The van der Waals surface area contributed by atoms with Crippen LogP contribution in [-0.4, -0.2) is 17.0 Å². The minimum atomic E-state index is 0.536. The van der Waals surface area contributed by atoms with Crippen LogP contribution in [0.1, 0.15) is 5.56 Å². The van der Waals surface area contributed by atoms with Crippen LogP contribution in [0.3, 0.4) is 0 Å². The molecule has 0 unspecified atom stereocenters. The Morgan fingerprint density at radius 1 is 1.19 bits per heavy atom. The highest BCUT2D eigenvalue weighted by atomic mass is 16.5. The fourth-order valence-corrected chi connectivity index (χ4v) is 1.30. The summed E-state index contributed by atoms with van der Waals surface area (Å²) < 4.78 is 5.66. The van der Waals surface area contributed by atoms with E-state index in [4.69, 9.17) is 4.74 Å². The first-order valence-corrected chi connectivity index (χ1v) is 5.04. The first-order chi connectivity index (χ1) is 7.79. The molecule has 2 aromatic rings. The number of nitrogens with one attached hydrogen (secondary N) is 1. The predicted molar refractivity (Wildman–Crippen MR) is 62.8 cm³/mol. The second-order valence-electron chi connectivity index (χ2n) is 3.34. The zero-order valence-corrected chi connectivity index (χ0v) is 9.27. The van der Waals surface area contributed by atoms with E-state index in [1.807, 2.05) is 31.2 Å². The lowest BCUT2D eigenvalue weighted by Crippen LogP contribution is -1.97. The summed E-state index contributed by atoms with van der Waals surface area (Å²) in [5.41, 5.74) is 1.08. The van der Waals surface area contributed by atoms with Gasteiger partial charge in [-0.2, -0.15) is 4.98 Å². The Morgan fingerprint density at radius 3 is 2.75 bits per heavy atom. The lowest BCUT2D eigenvalue weighted by molar-refractivity contribution is 0.459. The van der Waals surface area contributed by atoms with Gasteiger partial charge in [-0.15, -0.1) is 0 Å². The van der Waals surface area contributed by atoms with Crippen molar-refractivity contribution in [3.05, 3.63) is 42.1 Å². The standard InChI is InChI=1S/C12H13N3O/c1-9-5-3-4-6-10(9)16-11-7-8-14-12(13-2)15-11/h3-8H,1-2H3,(H,13,14,15). The van der Waals surface area contributed by atoms with Crippen LogP contribution in [0.5, 0.6) is 11.6 Å². The third kappa shape index (κ3) is 2.28. The maximum Gasteiger partial charge on any atom is 0.225 e. The summed E-state index contributed by atoms with van der Waals surface area (Å²) in [6.07, 6.45) is 1.66. The van der Waals surface area contributed by atoms with Gasteiger partial charge in [-0.05, 0) is 18.6 Å². The number of aromatic nitrogens is 2. The molecule has 0 aliphatic heterocycles. The molecular formula is C12H13N3O. The molecule has 1 heterocycles. The maximum atomic E-state index is 5.66. The number of hydrogen-bond donors (Lipinski definition) is 1. The van der Waals surface area contributed by atoms with Gasteiger partial charge in [0.05, 0.1) is 0 Å². The average molecular weight is 215 g/mol. The van der Waals surface area contributed by atoms with Crippen molar-refractivity contribution in [2.45, 2.75) is 6.92 Å². The van der Waals surface area contributed by atoms with Crippen LogP contribution in [0.2, 0.25) is 0 Å². The predicted octanol–water partition coefficient (Wildman–Crippen LogP) is 2.62. The van der Waals surface area contributed by atoms with Gasteiger partial charge < -0.3 is 10.1 Å². The number of aryl methyl sites for hydroxylation is 1. The van der Waals surface area contributed by atoms with E-state index in [2.05, 4.69) is 15.3 Å². The first-order valence-electron chi connectivity index (χ1n) is 5.04. The molecule has 16 heavy (non-hydrogen) atoms. The largest absolute Gasteiger partial charge is 0.439 e. The molecular weight excluding hydrogens is 202 g/mol. The maximum absolute atomic E-state index is 5.66. The van der Waals surface area contributed by atoms with E-state index in [0.29, 0.717) is 11.8 Å². The van der Waals surface area contributed by atoms with Gasteiger partial charge >= 0.3 is 0 Å². The summed E-state index contributed by atoms with van der Waals surface area (Å²) in [6, 6.07) is 9.54. The number of anilines is 1. The summed E-state index contributed by atoms with van der Waals surface area (Å²) in [5, 5.41) is 2.87. The van der Waals surface area contributed by atoms with Gasteiger partial charge in [-0.1, -0.05) is 18.2 Å². The molecule has 0 saturated heterocycles. The van der Waals surface area contributed by atoms with Gasteiger partial charge in [0.2, 0.25) is 11.8 Å². The zero-order chi connectivity index (χ0) is 11.4. The van der Waals surface area contributed by atoms with Crippen LogP contribution >= 0.6 is 0 Å². The van der Waals surface area contributed by atoms with Crippen LogP contribution in [-0.2, 0) is 0 Å². The molecule has 0 aliphatic carbocycles. The van der Waals surface area contributed by atoms with Gasteiger partial charge in [0.1, 0.15) is 5.75 Å². The summed E-state index contributed by atoms with van der Waals surface area (Å²) in [6.45, 7) is 2.00. The van der Waals surface area contributed by atoms with E-state index in [9.17, 15) is 0 Å². The minimum Gasteiger partial charge on any atom is -0.439 e. The van der Waals surface area contributed by atoms with Crippen molar-refractivity contribution in [1.29, 1.82) is 0 Å². The summed E-state index contributed by atoms with van der Waals surface area (Å²) >= 11 is 0. The molecule has 4 nitrogen and oxygen atoms in total. The van der Waals surface area contributed by atoms with Gasteiger partial charge in [-0.25, -0.2) is 4.98 Å². The van der Waals surface area contributed by atoms with E-state index in [-0.39, 0.29) is 0 Å². The van der Waals surface area contributed by atoms with E-state index in [0.717, 1.165) is 11.3 Å². The number of benzene rings is 1. The third-order valence-corrected chi connectivity index (χ3v) is 2.16. The summed E-state index contributed by atoms with van der Waals surface area (Å²) in [5.74, 6) is 1.89. The Hall–Kier alpha value is -2.10. The molecule has 2 rings (SSSR count). The molecule has 0 spiro atoms. The lowest BCUT2D eigenvalue weighted by atomic mass is 10.2. The smallest absolute Gasteiger partial charge is 0.225 e. The summed E-state index contributed by atoms with van der Waals surface area (Å²) in [7, 11) is 1.77. The molecule has 82 valence electrons. The molecule has 0 saturated carbocycles. The van der Waals surface area contributed by atoms with Crippen LogP contribution in [0.15, 0.2) is 36.5 Å².